The standard InChI is InChI=1S/C22H20.BH3O3.3Si/c1-22(2)15-14-17-9-4-6-12-19(17)21(22)20-13-7-10-16-8-3-5-11-18(16)20;2-1(3)4;;;/h3-14H,15H2,1-2H3;2-4H;;;. The fourth-order valence-corrected chi connectivity index (χ4v) is 3.69. The Hall–Kier alpha value is -1.74. The van der Waals surface area contributed by atoms with Gasteiger partial charge in [0.25, 0.3) is 0 Å². The molecule has 144 valence electrons. The summed E-state index contributed by atoms with van der Waals surface area (Å²) in [4.78, 5) is 0. The van der Waals surface area contributed by atoms with Crippen molar-refractivity contribution in [3.8, 4) is 0 Å². The molecule has 0 amide bonds. The SMILES string of the molecule is CC1(C)CC=c2ccccc2=C1c1cccc2ccccc12.OB(O)O.[Si].[Si].[Si]. The molecule has 0 aliphatic heterocycles. The second-order valence-corrected chi connectivity index (χ2v) is 7.13. The predicted molar refractivity (Wildman–Crippen MR) is 125 cm³/mol. The van der Waals surface area contributed by atoms with Gasteiger partial charge in [-0.2, -0.15) is 0 Å². The molecule has 0 spiro atoms. The molecule has 0 bridgehead atoms. The number of rotatable bonds is 1. The van der Waals surface area contributed by atoms with Gasteiger partial charge in [0.2, 0.25) is 0 Å². The van der Waals surface area contributed by atoms with Gasteiger partial charge in [-0.3, -0.25) is 0 Å². The molecule has 7 heteroatoms. The lowest BCUT2D eigenvalue weighted by Gasteiger charge is -2.31. The van der Waals surface area contributed by atoms with E-state index in [1.54, 1.807) is 0 Å². The molecule has 1 aliphatic carbocycles. The third-order valence-electron chi connectivity index (χ3n) is 4.80. The van der Waals surface area contributed by atoms with Crippen LogP contribution in [0, 0.1) is 5.41 Å². The van der Waals surface area contributed by atoms with E-state index in [1.165, 1.54) is 32.3 Å². The largest absolute Gasteiger partial charge is 0.631 e. The summed E-state index contributed by atoms with van der Waals surface area (Å²) < 4.78 is 0. The zero-order valence-electron chi connectivity index (χ0n) is 16.6. The van der Waals surface area contributed by atoms with Crippen LogP contribution in [0.15, 0.2) is 66.7 Å². The quantitative estimate of drug-likeness (QED) is 0.506. The average molecular weight is 430 g/mol. The predicted octanol–water partition coefficient (Wildman–Crippen LogP) is 1.05. The Morgan fingerprint density at radius 1 is 0.759 bits per heavy atom. The van der Waals surface area contributed by atoms with Gasteiger partial charge in [-0.15, -0.1) is 0 Å². The van der Waals surface area contributed by atoms with Crippen molar-refractivity contribution >= 4 is 62.6 Å². The van der Waals surface area contributed by atoms with Crippen molar-refractivity contribution in [2.75, 3.05) is 0 Å². The first-order valence-electron chi connectivity index (χ1n) is 8.72. The molecule has 3 aromatic carbocycles. The van der Waals surface area contributed by atoms with Gasteiger partial charge in [-0.05, 0) is 44.2 Å². The first-order valence-corrected chi connectivity index (χ1v) is 8.72. The molecule has 3 aromatic rings. The summed E-state index contributed by atoms with van der Waals surface area (Å²) in [5, 5.41) is 26.9. The van der Waals surface area contributed by atoms with E-state index in [0.717, 1.165) is 6.42 Å². The van der Waals surface area contributed by atoms with Gasteiger partial charge >= 0.3 is 7.32 Å². The lowest BCUT2D eigenvalue weighted by Crippen LogP contribution is -2.36. The summed E-state index contributed by atoms with van der Waals surface area (Å²) in [6, 6.07) is 24.1. The van der Waals surface area contributed by atoms with Crippen molar-refractivity contribution in [2.24, 2.45) is 5.41 Å². The Morgan fingerprint density at radius 2 is 1.31 bits per heavy atom. The van der Waals surface area contributed by atoms with Crippen LogP contribution >= 0.6 is 0 Å². The molecule has 29 heavy (non-hydrogen) atoms. The smallest absolute Gasteiger partial charge is 0.402 e. The summed E-state index contributed by atoms with van der Waals surface area (Å²) >= 11 is 0. The van der Waals surface area contributed by atoms with Crippen LogP contribution in [0.25, 0.3) is 22.4 Å². The van der Waals surface area contributed by atoms with E-state index < -0.39 is 7.32 Å². The van der Waals surface area contributed by atoms with E-state index in [0.29, 0.717) is 0 Å². The zero-order chi connectivity index (χ0) is 18.7. The van der Waals surface area contributed by atoms with Crippen LogP contribution in [-0.4, -0.2) is 55.3 Å². The van der Waals surface area contributed by atoms with Crippen LogP contribution in [0.4, 0.5) is 0 Å². The number of benzene rings is 3. The van der Waals surface area contributed by atoms with E-state index >= 15 is 0 Å². The topological polar surface area (TPSA) is 60.7 Å². The van der Waals surface area contributed by atoms with Crippen LogP contribution < -0.4 is 10.4 Å². The van der Waals surface area contributed by atoms with Crippen molar-refractivity contribution in [1.82, 2.24) is 0 Å². The molecular formula is C22H23BO3Si3. The number of hydrogen-bond acceptors (Lipinski definition) is 3. The minimum atomic E-state index is -2.17. The van der Waals surface area contributed by atoms with Crippen LogP contribution in [0.3, 0.4) is 0 Å². The fourth-order valence-electron chi connectivity index (χ4n) is 3.69. The van der Waals surface area contributed by atoms with Gasteiger partial charge in [-0.1, -0.05) is 86.7 Å². The highest BCUT2D eigenvalue weighted by Gasteiger charge is 2.27. The second kappa shape index (κ2) is 11.4. The Morgan fingerprint density at radius 3 is 2.00 bits per heavy atom. The van der Waals surface area contributed by atoms with Crippen LogP contribution in [-0.2, 0) is 0 Å². The van der Waals surface area contributed by atoms with Crippen LogP contribution in [0.5, 0.6) is 0 Å². The highest BCUT2D eigenvalue weighted by atomic mass is 28.1. The molecule has 0 unspecified atom stereocenters. The fraction of sp³-hybridized carbons (Fsp3) is 0.182. The number of fused-ring (bicyclic) bond motifs is 2. The Balaban J connectivity index is 0.00000103. The molecule has 0 saturated heterocycles. The van der Waals surface area contributed by atoms with Crippen molar-refractivity contribution in [1.29, 1.82) is 0 Å². The number of hydrogen-bond donors (Lipinski definition) is 3. The second-order valence-electron chi connectivity index (χ2n) is 7.13. The van der Waals surface area contributed by atoms with E-state index in [-0.39, 0.29) is 38.3 Å². The minimum absolute atomic E-state index is 0. The maximum atomic E-state index is 7.17. The van der Waals surface area contributed by atoms with Gasteiger partial charge in [-0.25, -0.2) is 0 Å². The maximum absolute atomic E-state index is 7.17. The highest BCUT2D eigenvalue weighted by molar-refractivity contribution is 6.30. The Bertz CT molecular complexity index is 1040. The summed E-state index contributed by atoms with van der Waals surface area (Å²) in [6.45, 7) is 4.72. The van der Waals surface area contributed by atoms with E-state index in [4.69, 9.17) is 15.1 Å². The summed E-state index contributed by atoms with van der Waals surface area (Å²) in [5.74, 6) is 0. The third kappa shape index (κ3) is 6.12. The van der Waals surface area contributed by atoms with Crippen molar-refractivity contribution in [3.05, 3.63) is 82.7 Å². The molecule has 0 fully saturated rings. The van der Waals surface area contributed by atoms with Crippen molar-refractivity contribution in [2.45, 2.75) is 20.3 Å². The molecule has 4 rings (SSSR count). The highest BCUT2D eigenvalue weighted by Crippen LogP contribution is 2.39. The lowest BCUT2D eigenvalue weighted by atomic mass is 9.73. The monoisotopic (exact) mass is 430 g/mol. The van der Waals surface area contributed by atoms with E-state index in [9.17, 15) is 0 Å². The van der Waals surface area contributed by atoms with Crippen molar-refractivity contribution < 1.29 is 15.1 Å². The van der Waals surface area contributed by atoms with Gasteiger partial charge in [0.15, 0.2) is 0 Å². The molecule has 3 nitrogen and oxygen atoms in total. The summed E-state index contributed by atoms with van der Waals surface area (Å²) in [6.07, 6.45) is 3.46. The van der Waals surface area contributed by atoms with Crippen LogP contribution in [0.2, 0.25) is 0 Å². The van der Waals surface area contributed by atoms with E-state index in [1.807, 2.05) is 0 Å². The van der Waals surface area contributed by atoms with Crippen LogP contribution in [0.1, 0.15) is 25.8 Å². The molecule has 0 aromatic heterocycles. The minimum Gasteiger partial charge on any atom is -0.402 e. The van der Waals surface area contributed by atoms with Gasteiger partial charge in [0.1, 0.15) is 0 Å². The maximum Gasteiger partial charge on any atom is 0.631 e. The lowest BCUT2D eigenvalue weighted by molar-refractivity contribution is 0.278. The first-order chi connectivity index (χ1) is 12.4. The van der Waals surface area contributed by atoms with Gasteiger partial charge in [0.05, 0.1) is 0 Å². The summed E-state index contributed by atoms with van der Waals surface area (Å²) in [5.41, 5.74) is 3.00. The normalized spacial score (nSPS) is 13.2. The Kier molecular flexibility index (Phi) is 10.8. The van der Waals surface area contributed by atoms with E-state index in [2.05, 4.69) is 86.7 Å². The molecule has 0 heterocycles. The molecule has 1 aliphatic rings. The van der Waals surface area contributed by atoms with Gasteiger partial charge < -0.3 is 15.1 Å². The molecule has 3 N–H and O–H groups in total. The summed E-state index contributed by atoms with van der Waals surface area (Å²) in [7, 11) is -2.17. The first kappa shape index (κ1) is 27.3. The molecule has 12 radical (unpaired) electrons. The van der Waals surface area contributed by atoms with Gasteiger partial charge in [0, 0.05) is 32.9 Å². The molecular weight excluding hydrogens is 407 g/mol. The third-order valence-corrected chi connectivity index (χ3v) is 4.80. The Labute approximate surface area is 186 Å². The zero-order valence-corrected chi connectivity index (χ0v) is 19.6. The van der Waals surface area contributed by atoms with Crippen molar-refractivity contribution in [3.63, 3.8) is 0 Å². The molecule has 0 saturated carbocycles. The average Bonchev–Trinajstić information content (AvgIpc) is 2.60. The molecule has 0 atom stereocenters.